The summed E-state index contributed by atoms with van der Waals surface area (Å²) in [5.41, 5.74) is 1.20. The Labute approximate surface area is 145 Å². The van der Waals surface area contributed by atoms with Crippen LogP contribution in [-0.2, 0) is 16.2 Å². The largest absolute Gasteiger partial charge is 0.489 e. The maximum absolute atomic E-state index is 13.6. The molecule has 2 aromatic carbocycles. The van der Waals surface area contributed by atoms with E-state index in [2.05, 4.69) is 5.32 Å². The maximum Gasteiger partial charge on any atom is 0.227 e. The molecule has 1 heterocycles. The number of nitrogens with zero attached hydrogens (tertiary/aromatic N) is 1. The third-order valence-corrected chi connectivity index (χ3v) is 4.24. The topological polar surface area (TPSA) is 58.6 Å². The number of benzene rings is 2. The first-order chi connectivity index (χ1) is 12.1. The fourth-order valence-electron chi connectivity index (χ4n) is 2.84. The molecule has 1 saturated heterocycles. The molecule has 1 aliphatic rings. The molecule has 1 N–H and O–H groups in total. The molecule has 1 atom stereocenters. The molecule has 0 aromatic heterocycles. The van der Waals surface area contributed by atoms with Crippen LogP contribution in [0.3, 0.4) is 0 Å². The van der Waals surface area contributed by atoms with Crippen molar-refractivity contribution in [3.8, 4) is 5.75 Å². The molecule has 1 fully saturated rings. The van der Waals surface area contributed by atoms with Gasteiger partial charge in [0.2, 0.25) is 11.8 Å². The number of halogens is 1. The predicted molar refractivity (Wildman–Crippen MR) is 91.7 cm³/mol. The Balaban J connectivity index is 1.63. The Morgan fingerprint density at radius 2 is 1.96 bits per heavy atom. The molecule has 1 aliphatic heterocycles. The molecule has 130 valence electrons. The quantitative estimate of drug-likeness (QED) is 0.908. The molecule has 3 rings (SSSR count). The minimum Gasteiger partial charge on any atom is -0.489 e. The average Bonchev–Trinajstić information content (AvgIpc) is 3.02. The molecule has 0 bridgehead atoms. The highest BCUT2D eigenvalue weighted by Gasteiger charge is 2.34. The Morgan fingerprint density at radius 3 is 2.64 bits per heavy atom. The Morgan fingerprint density at radius 1 is 1.24 bits per heavy atom. The number of carbonyl (C=O) groups is 2. The molecular weight excluding hydrogens is 323 g/mol. The molecule has 25 heavy (non-hydrogen) atoms. The summed E-state index contributed by atoms with van der Waals surface area (Å²) in [6.45, 7) is 0.501. The number of anilines is 1. The van der Waals surface area contributed by atoms with E-state index in [0.717, 1.165) is 5.69 Å². The predicted octanol–water partition coefficient (Wildman–Crippen LogP) is 2.50. The van der Waals surface area contributed by atoms with E-state index >= 15 is 0 Å². The van der Waals surface area contributed by atoms with Crippen LogP contribution in [0.15, 0.2) is 48.5 Å². The fourth-order valence-corrected chi connectivity index (χ4v) is 2.84. The summed E-state index contributed by atoms with van der Waals surface area (Å²) in [6, 6.07) is 13.4. The first-order valence-corrected chi connectivity index (χ1v) is 8.06. The van der Waals surface area contributed by atoms with Crippen molar-refractivity contribution in [2.75, 3.05) is 18.5 Å². The standard InChI is InChI=1S/C19H19FN2O3/c1-21-19(24)14-10-18(23)22(11-14)15-6-8-16(9-7-15)25-12-13-4-2-3-5-17(13)20/h2-9,14H,10-12H2,1H3,(H,21,24)/t14-/m0/s1. The van der Waals surface area contributed by atoms with Crippen LogP contribution in [0.25, 0.3) is 0 Å². The summed E-state index contributed by atoms with van der Waals surface area (Å²) < 4.78 is 19.2. The Kier molecular flexibility index (Phi) is 4.97. The lowest BCUT2D eigenvalue weighted by Crippen LogP contribution is -2.30. The van der Waals surface area contributed by atoms with Gasteiger partial charge in [-0.2, -0.15) is 0 Å². The van der Waals surface area contributed by atoms with Gasteiger partial charge in [-0.05, 0) is 30.3 Å². The summed E-state index contributed by atoms with van der Waals surface area (Å²) in [7, 11) is 1.57. The zero-order valence-corrected chi connectivity index (χ0v) is 13.9. The molecule has 0 saturated carbocycles. The van der Waals surface area contributed by atoms with Gasteiger partial charge in [-0.3, -0.25) is 9.59 Å². The zero-order valence-electron chi connectivity index (χ0n) is 13.9. The lowest BCUT2D eigenvalue weighted by molar-refractivity contribution is -0.125. The van der Waals surface area contributed by atoms with Gasteiger partial charge in [0.25, 0.3) is 0 Å². The van der Waals surface area contributed by atoms with E-state index in [-0.39, 0.29) is 36.6 Å². The van der Waals surface area contributed by atoms with Gasteiger partial charge < -0.3 is 15.0 Å². The summed E-state index contributed by atoms with van der Waals surface area (Å²) in [5, 5.41) is 2.58. The smallest absolute Gasteiger partial charge is 0.227 e. The van der Waals surface area contributed by atoms with E-state index < -0.39 is 0 Å². The minimum atomic E-state index is -0.325. The number of rotatable bonds is 5. The van der Waals surface area contributed by atoms with Crippen LogP contribution < -0.4 is 15.0 Å². The molecule has 0 spiro atoms. The second-order valence-electron chi connectivity index (χ2n) is 5.89. The van der Waals surface area contributed by atoms with Gasteiger partial charge in [-0.15, -0.1) is 0 Å². The van der Waals surface area contributed by atoms with E-state index in [1.807, 2.05) is 0 Å². The van der Waals surface area contributed by atoms with E-state index in [0.29, 0.717) is 17.9 Å². The summed E-state index contributed by atoms with van der Waals surface area (Å²) in [5.74, 6) is -0.243. The lowest BCUT2D eigenvalue weighted by Gasteiger charge is -2.17. The number of amides is 2. The van der Waals surface area contributed by atoms with Crippen molar-refractivity contribution in [2.45, 2.75) is 13.0 Å². The number of carbonyl (C=O) groups excluding carboxylic acids is 2. The molecule has 0 radical (unpaired) electrons. The van der Waals surface area contributed by atoms with Crippen molar-refractivity contribution in [1.82, 2.24) is 5.32 Å². The van der Waals surface area contributed by atoms with Crippen LogP contribution in [0.2, 0.25) is 0 Å². The molecule has 2 aromatic rings. The monoisotopic (exact) mass is 342 g/mol. The van der Waals surface area contributed by atoms with Crippen molar-refractivity contribution in [1.29, 1.82) is 0 Å². The van der Waals surface area contributed by atoms with E-state index in [1.54, 1.807) is 54.4 Å². The molecular formula is C19H19FN2O3. The van der Waals surface area contributed by atoms with Gasteiger partial charge in [0, 0.05) is 31.3 Å². The number of hydrogen-bond acceptors (Lipinski definition) is 3. The van der Waals surface area contributed by atoms with Gasteiger partial charge in [0.05, 0.1) is 5.92 Å². The summed E-state index contributed by atoms with van der Waals surface area (Å²) >= 11 is 0. The van der Waals surface area contributed by atoms with E-state index in [4.69, 9.17) is 4.74 Å². The third-order valence-electron chi connectivity index (χ3n) is 4.24. The van der Waals surface area contributed by atoms with Crippen LogP contribution in [0.1, 0.15) is 12.0 Å². The number of nitrogens with one attached hydrogen (secondary N) is 1. The summed E-state index contributed by atoms with van der Waals surface area (Å²) in [4.78, 5) is 25.4. The van der Waals surface area contributed by atoms with Gasteiger partial charge in [-0.1, -0.05) is 18.2 Å². The zero-order chi connectivity index (χ0) is 17.8. The highest BCUT2D eigenvalue weighted by molar-refractivity contribution is 6.00. The van der Waals surface area contributed by atoms with Crippen molar-refractivity contribution in [3.63, 3.8) is 0 Å². The molecule has 5 nitrogen and oxygen atoms in total. The minimum absolute atomic E-state index is 0.0753. The fraction of sp³-hybridized carbons (Fsp3) is 0.263. The van der Waals surface area contributed by atoms with E-state index in [1.165, 1.54) is 6.07 Å². The first kappa shape index (κ1) is 17.0. The summed E-state index contributed by atoms with van der Waals surface area (Å²) in [6.07, 6.45) is 0.214. The van der Waals surface area contributed by atoms with Gasteiger partial charge in [0.15, 0.2) is 0 Å². The van der Waals surface area contributed by atoms with Crippen LogP contribution in [0.5, 0.6) is 5.75 Å². The highest BCUT2D eigenvalue weighted by atomic mass is 19.1. The Hall–Kier alpha value is -2.89. The average molecular weight is 342 g/mol. The normalized spacial score (nSPS) is 16.8. The number of ether oxygens (including phenoxy) is 1. The first-order valence-electron chi connectivity index (χ1n) is 8.06. The second-order valence-corrected chi connectivity index (χ2v) is 5.89. The van der Waals surface area contributed by atoms with Crippen LogP contribution in [0.4, 0.5) is 10.1 Å². The van der Waals surface area contributed by atoms with Crippen LogP contribution >= 0.6 is 0 Å². The SMILES string of the molecule is CNC(=O)[C@H]1CC(=O)N(c2ccc(OCc3ccccc3F)cc2)C1. The molecule has 0 aliphatic carbocycles. The van der Waals surface area contributed by atoms with Crippen LogP contribution in [-0.4, -0.2) is 25.4 Å². The van der Waals surface area contributed by atoms with Gasteiger partial charge in [0.1, 0.15) is 18.2 Å². The molecule has 0 unspecified atom stereocenters. The van der Waals surface area contributed by atoms with E-state index in [9.17, 15) is 14.0 Å². The Bertz CT molecular complexity index is 776. The van der Waals surface area contributed by atoms with Crippen molar-refractivity contribution >= 4 is 17.5 Å². The van der Waals surface area contributed by atoms with Gasteiger partial charge in [-0.25, -0.2) is 4.39 Å². The van der Waals surface area contributed by atoms with Crippen molar-refractivity contribution < 1.29 is 18.7 Å². The highest BCUT2D eigenvalue weighted by Crippen LogP contribution is 2.27. The second kappa shape index (κ2) is 7.34. The van der Waals surface area contributed by atoms with Crippen LogP contribution in [0, 0.1) is 11.7 Å². The number of hydrogen-bond donors (Lipinski definition) is 1. The maximum atomic E-state index is 13.6. The third kappa shape index (κ3) is 3.79. The molecule has 6 heteroatoms. The lowest BCUT2D eigenvalue weighted by atomic mass is 10.1. The van der Waals surface area contributed by atoms with Gasteiger partial charge >= 0.3 is 0 Å². The molecule has 2 amide bonds. The van der Waals surface area contributed by atoms with Crippen molar-refractivity contribution in [3.05, 3.63) is 59.9 Å². The van der Waals surface area contributed by atoms with Crippen molar-refractivity contribution in [2.24, 2.45) is 5.92 Å².